The summed E-state index contributed by atoms with van der Waals surface area (Å²) in [4.78, 5) is 29.4. The zero-order valence-corrected chi connectivity index (χ0v) is 20.8. The Hall–Kier alpha value is -2.82. The predicted molar refractivity (Wildman–Crippen MR) is 133 cm³/mol. The Morgan fingerprint density at radius 1 is 0.879 bits per heavy atom. The molecule has 0 aliphatic carbocycles. The van der Waals surface area contributed by atoms with Gasteiger partial charge in [0.15, 0.2) is 0 Å². The van der Waals surface area contributed by atoms with E-state index in [0.717, 1.165) is 23.3 Å². The van der Waals surface area contributed by atoms with E-state index in [2.05, 4.69) is 32.9 Å². The van der Waals surface area contributed by atoms with Gasteiger partial charge in [0.1, 0.15) is 5.75 Å². The second kappa shape index (κ2) is 10.9. The van der Waals surface area contributed by atoms with Gasteiger partial charge in [-0.1, -0.05) is 39.0 Å². The molecule has 0 radical (unpaired) electrons. The Morgan fingerprint density at radius 2 is 1.55 bits per heavy atom. The molecule has 0 spiro atoms. The van der Waals surface area contributed by atoms with E-state index in [1.807, 2.05) is 54.0 Å². The third kappa shape index (κ3) is 6.83. The van der Waals surface area contributed by atoms with E-state index >= 15 is 0 Å². The van der Waals surface area contributed by atoms with Gasteiger partial charge in [-0.2, -0.15) is 0 Å². The van der Waals surface area contributed by atoms with E-state index in [1.54, 1.807) is 0 Å². The van der Waals surface area contributed by atoms with Crippen molar-refractivity contribution in [3.05, 3.63) is 64.7 Å². The third-order valence-corrected chi connectivity index (χ3v) is 6.41. The average molecular weight is 451 g/mol. The first-order chi connectivity index (χ1) is 15.6. The largest absolute Gasteiger partial charge is 0.494 e. The molecular formula is C28H38N2O3. The lowest BCUT2D eigenvalue weighted by molar-refractivity contribution is -0.131. The van der Waals surface area contributed by atoms with Crippen molar-refractivity contribution in [3.8, 4) is 5.75 Å². The van der Waals surface area contributed by atoms with Crippen LogP contribution in [-0.2, 0) is 10.2 Å². The summed E-state index contributed by atoms with van der Waals surface area (Å²) in [7, 11) is 0. The van der Waals surface area contributed by atoms with Crippen LogP contribution in [0.2, 0.25) is 0 Å². The van der Waals surface area contributed by atoms with Crippen LogP contribution in [-0.4, -0.2) is 54.4 Å². The molecule has 5 heteroatoms. The summed E-state index contributed by atoms with van der Waals surface area (Å²) in [6.45, 7) is 13.7. The molecule has 1 heterocycles. The van der Waals surface area contributed by atoms with Crippen LogP contribution in [0.3, 0.4) is 0 Å². The SMILES string of the molecule is Cc1ccc(C(=O)N2CCCN(C(=O)CCCOc3ccc(C(C)(C)C)cc3)CC2)cc1C. The van der Waals surface area contributed by atoms with E-state index in [9.17, 15) is 9.59 Å². The maximum absolute atomic E-state index is 12.9. The van der Waals surface area contributed by atoms with E-state index in [4.69, 9.17) is 4.74 Å². The fourth-order valence-corrected chi connectivity index (χ4v) is 4.05. The van der Waals surface area contributed by atoms with Crippen LogP contribution in [0, 0.1) is 13.8 Å². The molecule has 0 atom stereocenters. The number of hydrogen-bond acceptors (Lipinski definition) is 3. The van der Waals surface area contributed by atoms with Crippen LogP contribution >= 0.6 is 0 Å². The minimum absolute atomic E-state index is 0.0540. The highest BCUT2D eigenvalue weighted by atomic mass is 16.5. The van der Waals surface area contributed by atoms with Gasteiger partial charge >= 0.3 is 0 Å². The molecule has 3 rings (SSSR count). The maximum Gasteiger partial charge on any atom is 0.253 e. The number of aryl methyl sites for hydroxylation is 2. The summed E-state index contributed by atoms with van der Waals surface area (Å²) in [5.74, 6) is 1.03. The molecule has 1 saturated heterocycles. The zero-order chi connectivity index (χ0) is 24.0. The summed E-state index contributed by atoms with van der Waals surface area (Å²) < 4.78 is 5.83. The average Bonchev–Trinajstić information content (AvgIpc) is 3.04. The second-order valence-electron chi connectivity index (χ2n) is 10.1. The van der Waals surface area contributed by atoms with E-state index < -0.39 is 0 Å². The normalized spacial score (nSPS) is 14.7. The van der Waals surface area contributed by atoms with Gasteiger partial charge in [0.25, 0.3) is 5.91 Å². The number of carbonyl (C=O) groups is 2. The Bertz CT molecular complexity index is 960. The minimum atomic E-state index is 0.0540. The van der Waals surface area contributed by atoms with Crippen molar-refractivity contribution in [2.75, 3.05) is 32.8 Å². The molecule has 178 valence electrons. The summed E-state index contributed by atoms with van der Waals surface area (Å²) in [5, 5.41) is 0. The van der Waals surface area contributed by atoms with E-state index in [-0.39, 0.29) is 17.2 Å². The molecule has 2 aromatic rings. The first-order valence-electron chi connectivity index (χ1n) is 12.0. The molecule has 0 aromatic heterocycles. The van der Waals surface area contributed by atoms with Crippen LogP contribution in [0.4, 0.5) is 0 Å². The number of hydrogen-bond donors (Lipinski definition) is 0. The van der Waals surface area contributed by atoms with Gasteiger partial charge in [0.05, 0.1) is 6.61 Å². The first-order valence-corrected chi connectivity index (χ1v) is 12.0. The first kappa shape index (κ1) is 24.8. The van der Waals surface area contributed by atoms with Gasteiger partial charge in [-0.3, -0.25) is 9.59 Å². The quantitative estimate of drug-likeness (QED) is 0.573. The molecule has 0 bridgehead atoms. The molecule has 5 nitrogen and oxygen atoms in total. The lowest BCUT2D eigenvalue weighted by atomic mass is 9.87. The number of benzene rings is 2. The Kier molecular flexibility index (Phi) is 8.17. The number of nitrogens with zero attached hydrogens (tertiary/aromatic N) is 2. The molecule has 2 amide bonds. The second-order valence-corrected chi connectivity index (χ2v) is 10.1. The van der Waals surface area contributed by atoms with Crippen LogP contribution in [0.15, 0.2) is 42.5 Å². The highest BCUT2D eigenvalue weighted by molar-refractivity contribution is 5.94. The molecule has 33 heavy (non-hydrogen) atoms. The van der Waals surface area contributed by atoms with Crippen LogP contribution in [0.1, 0.15) is 67.1 Å². The summed E-state index contributed by atoms with van der Waals surface area (Å²) in [6.07, 6.45) is 1.95. The van der Waals surface area contributed by atoms with Crippen LogP contribution in [0.25, 0.3) is 0 Å². The Balaban J connectivity index is 1.43. The molecule has 1 fully saturated rings. The highest BCUT2D eigenvalue weighted by Crippen LogP contribution is 2.24. The van der Waals surface area contributed by atoms with Crippen LogP contribution < -0.4 is 4.74 Å². The maximum atomic E-state index is 12.9. The van der Waals surface area contributed by atoms with E-state index in [0.29, 0.717) is 45.6 Å². The topological polar surface area (TPSA) is 49.9 Å². The summed E-state index contributed by atoms with van der Waals surface area (Å²) >= 11 is 0. The van der Waals surface area contributed by atoms with Crippen molar-refractivity contribution in [1.29, 1.82) is 0 Å². The molecule has 0 unspecified atom stereocenters. The molecule has 0 saturated carbocycles. The summed E-state index contributed by atoms with van der Waals surface area (Å²) in [6, 6.07) is 14.1. The third-order valence-electron chi connectivity index (χ3n) is 6.41. The highest BCUT2D eigenvalue weighted by Gasteiger charge is 2.23. The smallest absolute Gasteiger partial charge is 0.253 e. The standard InChI is InChI=1S/C28H38N2O3/c1-21-9-10-23(20-22(21)2)27(32)30-16-7-15-29(17-18-30)26(31)8-6-19-33-25-13-11-24(12-14-25)28(3,4)5/h9-14,20H,6-8,15-19H2,1-5H3. The zero-order valence-electron chi connectivity index (χ0n) is 20.8. The van der Waals surface area contributed by atoms with Gasteiger partial charge in [0, 0.05) is 38.2 Å². The lowest BCUT2D eigenvalue weighted by Crippen LogP contribution is -2.37. The monoisotopic (exact) mass is 450 g/mol. The van der Waals surface area contributed by atoms with Crippen molar-refractivity contribution in [2.45, 2.75) is 59.3 Å². The van der Waals surface area contributed by atoms with Crippen molar-refractivity contribution in [2.24, 2.45) is 0 Å². The fourth-order valence-electron chi connectivity index (χ4n) is 4.05. The lowest BCUT2D eigenvalue weighted by Gasteiger charge is -2.22. The minimum Gasteiger partial charge on any atom is -0.494 e. The van der Waals surface area contributed by atoms with Crippen molar-refractivity contribution >= 4 is 11.8 Å². The van der Waals surface area contributed by atoms with Gasteiger partial charge in [-0.05, 0) is 73.1 Å². The summed E-state index contributed by atoms with van der Waals surface area (Å²) in [5.41, 5.74) is 4.43. The van der Waals surface area contributed by atoms with Gasteiger partial charge in [0.2, 0.25) is 5.91 Å². The molecule has 1 aliphatic rings. The van der Waals surface area contributed by atoms with Gasteiger partial charge in [-0.15, -0.1) is 0 Å². The molecule has 2 aromatic carbocycles. The number of amides is 2. The number of rotatable bonds is 6. The predicted octanol–water partition coefficient (Wildman–Crippen LogP) is 5.13. The van der Waals surface area contributed by atoms with Gasteiger partial charge in [-0.25, -0.2) is 0 Å². The number of carbonyl (C=O) groups excluding carboxylic acids is 2. The Morgan fingerprint density at radius 3 is 2.21 bits per heavy atom. The molecule has 1 aliphatic heterocycles. The van der Waals surface area contributed by atoms with E-state index in [1.165, 1.54) is 11.1 Å². The van der Waals surface area contributed by atoms with Gasteiger partial charge < -0.3 is 14.5 Å². The van der Waals surface area contributed by atoms with Crippen LogP contribution in [0.5, 0.6) is 5.75 Å². The van der Waals surface area contributed by atoms with Crippen molar-refractivity contribution in [3.63, 3.8) is 0 Å². The number of ether oxygens (including phenoxy) is 1. The molecule has 0 N–H and O–H groups in total. The Labute approximate surface area is 198 Å². The molecular weight excluding hydrogens is 412 g/mol. The fraction of sp³-hybridized carbons (Fsp3) is 0.500. The van der Waals surface area contributed by atoms with Crippen molar-refractivity contribution in [1.82, 2.24) is 9.80 Å². The van der Waals surface area contributed by atoms with Crippen molar-refractivity contribution < 1.29 is 14.3 Å².